The fourth-order valence-corrected chi connectivity index (χ4v) is 4.07. The lowest BCUT2D eigenvalue weighted by molar-refractivity contribution is -0.123. The normalized spacial score (nSPS) is 11.3. The zero-order chi connectivity index (χ0) is 21.5. The van der Waals surface area contributed by atoms with Crippen LogP contribution in [0.15, 0.2) is 51.4 Å². The van der Waals surface area contributed by atoms with E-state index in [1.54, 1.807) is 36.7 Å². The predicted molar refractivity (Wildman–Crippen MR) is 120 cm³/mol. The maximum absolute atomic E-state index is 12.1. The molecule has 1 aromatic carbocycles. The molecule has 0 aliphatic rings. The summed E-state index contributed by atoms with van der Waals surface area (Å²) in [6.07, 6.45) is 5.00. The first-order chi connectivity index (χ1) is 14.4. The first-order valence-corrected chi connectivity index (χ1v) is 10.9. The van der Waals surface area contributed by atoms with Gasteiger partial charge in [-0.2, -0.15) is 0 Å². The second-order valence-corrected chi connectivity index (χ2v) is 8.53. The second kappa shape index (κ2) is 10.1. The number of nitrogens with zero attached hydrogens (tertiary/aromatic N) is 2. The van der Waals surface area contributed by atoms with Crippen LogP contribution in [-0.4, -0.2) is 21.8 Å². The summed E-state index contributed by atoms with van der Waals surface area (Å²) >= 11 is 2.83. The van der Waals surface area contributed by atoms with Gasteiger partial charge in [0.2, 0.25) is 17.7 Å². The molecule has 3 aromatic rings. The summed E-state index contributed by atoms with van der Waals surface area (Å²) in [7, 11) is 0. The molecule has 10 heteroatoms. The molecule has 8 nitrogen and oxygen atoms in total. The van der Waals surface area contributed by atoms with Crippen LogP contribution < -0.4 is 16.4 Å². The van der Waals surface area contributed by atoms with Gasteiger partial charge in [-0.1, -0.05) is 29.5 Å². The quantitative estimate of drug-likeness (QED) is 0.268. The number of thioether (sulfide) groups is 1. The van der Waals surface area contributed by atoms with Gasteiger partial charge in [0.05, 0.1) is 33.7 Å². The predicted octanol–water partition coefficient (Wildman–Crippen LogP) is 4.40. The highest BCUT2D eigenvalue weighted by Gasteiger charge is 2.13. The molecular formula is C20H21N5O3S2. The number of aromatic nitrogens is 2. The number of nitrogen functional groups attached to an aromatic ring is 1. The Bertz CT molecular complexity index is 1070. The summed E-state index contributed by atoms with van der Waals surface area (Å²) in [5.41, 5.74) is 7.72. The lowest BCUT2D eigenvalue weighted by Gasteiger charge is -2.07. The number of rotatable bonds is 8. The first-order valence-electron chi connectivity index (χ1n) is 9.05. The molecule has 30 heavy (non-hydrogen) atoms. The van der Waals surface area contributed by atoms with E-state index in [0.717, 1.165) is 15.5 Å². The van der Waals surface area contributed by atoms with Crippen molar-refractivity contribution in [1.82, 2.24) is 9.97 Å². The third-order valence-electron chi connectivity index (χ3n) is 4.00. The molecule has 0 saturated carbocycles. The van der Waals surface area contributed by atoms with Crippen LogP contribution in [-0.2, 0) is 15.3 Å². The van der Waals surface area contributed by atoms with E-state index in [0.29, 0.717) is 28.1 Å². The molecule has 2 heterocycles. The smallest absolute Gasteiger partial charge is 0.235 e. The van der Waals surface area contributed by atoms with Crippen molar-refractivity contribution < 1.29 is 14.0 Å². The maximum atomic E-state index is 12.1. The van der Waals surface area contributed by atoms with Crippen molar-refractivity contribution in [3.05, 3.63) is 54.4 Å². The van der Waals surface area contributed by atoms with Crippen molar-refractivity contribution in [2.75, 3.05) is 16.4 Å². The Balaban J connectivity index is 1.47. The Labute approximate surface area is 182 Å². The molecule has 0 aliphatic heterocycles. The summed E-state index contributed by atoms with van der Waals surface area (Å²) in [5, 5.41) is 5.68. The molecule has 2 aromatic heterocycles. The van der Waals surface area contributed by atoms with Gasteiger partial charge in [-0.15, -0.1) is 11.8 Å². The van der Waals surface area contributed by atoms with E-state index in [-0.39, 0.29) is 6.42 Å². The van der Waals surface area contributed by atoms with E-state index in [1.807, 2.05) is 19.9 Å². The van der Waals surface area contributed by atoms with Gasteiger partial charge in [-0.05, 0) is 31.6 Å². The van der Waals surface area contributed by atoms with Crippen LogP contribution in [0.5, 0.6) is 0 Å². The third-order valence-corrected chi connectivity index (χ3v) is 6.09. The summed E-state index contributed by atoms with van der Waals surface area (Å²) in [5.74, 6) is 1.01. The van der Waals surface area contributed by atoms with E-state index in [2.05, 4.69) is 20.6 Å². The SMILES string of the molecule is C/C=C(\C)c1cnc(CSc2cnc(NC(=O)CC(=O)Nc3ccccc3N)s2)o1. The largest absolute Gasteiger partial charge is 0.440 e. The topological polar surface area (TPSA) is 123 Å². The van der Waals surface area contributed by atoms with Crippen LogP contribution in [0.3, 0.4) is 0 Å². The molecule has 2 amide bonds. The molecule has 3 rings (SSSR count). The summed E-state index contributed by atoms with van der Waals surface area (Å²) in [4.78, 5) is 32.6. The van der Waals surface area contributed by atoms with Crippen molar-refractivity contribution in [1.29, 1.82) is 0 Å². The molecule has 0 atom stereocenters. The highest BCUT2D eigenvalue weighted by atomic mass is 32.2. The molecule has 156 valence electrons. The first kappa shape index (κ1) is 21.6. The molecule has 4 N–H and O–H groups in total. The number of carbonyl (C=O) groups is 2. The fraction of sp³-hybridized carbons (Fsp3) is 0.200. The molecule has 0 spiro atoms. The van der Waals surface area contributed by atoms with E-state index in [9.17, 15) is 9.59 Å². The highest BCUT2D eigenvalue weighted by Crippen LogP contribution is 2.31. The number of thiazole rings is 1. The standard InChI is InChI=1S/C20H21N5O3S2/c1-3-12(2)15-9-22-18(28-15)11-29-19-10-23-20(30-19)25-17(27)8-16(26)24-14-7-5-4-6-13(14)21/h3-7,9-10H,8,11,21H2,1-2H3,(H,24,26)(H,23,25,27)/b12-3+. The third kappa shape index (κ3) is 5.94. The van der Waals surface area contributed by atoms with Gasteiger partial charge >= 0.3 is 0 Å². The van der Waals surface area contributed by atoms with Crippen LogP contribution in [0.1, 0.15) is 31.9 Å². The zero-order valence-electron chi connectivity index (χ0n) is 16.5. The zero-order valence-corrected chi connectivity index (χ0v) is 18.1. The van der Waals surface area contributed by atoms with Crippen LogP contribution in [0, 0.1) is 0 Å². The van der Waals surface area contributed by atoms with Gasteiger partial charge in [0.1, 0.15) is 12.2 Å². The molecule has 0 aliphatic carbocycles. The average molecular weight is 444 g/mol. The highest BCUT2D eigenvalue weighted by molar-refractivity contribution is 8.00. The van der Waals surface area contributed by atoms with Crippen molar-refractivity contribution in [2.45, 2.75) is 30.2 Å². The number of amides is 2. The number of carbonyl (C=O) groups excluding carboxylic acids is 2. The van der Waals surface area contributed by atoms with Gasteiger partial charge in [0.15, 0.2) is 5.13 Å². The van der Waals surface area contributed by atoms with Crippen LogP contribution >= 0.6 is 23.1 Å². The number of nitrogens with two attached hydrogens (primary N) is 1. The molecule has 0 bridgehead atoms. The van der Waals surface area contributed by atoms with E-state index >= 15 is 0 Å². The number of benzene rings is 1. The van der Waals surface area contributed by atoms with E-state index < -0.39 is 11.8 Å². The molecular weight excluding hydrogens is 422 g/mol. The fourth-order valence-electron chi connectivity index (χ4n) is 2.33. The Morgan fingerprint density at radius 2 is 1.97 bits per heavy atom. The second-order valence-electron chi connectivity index (χ2n) is 6.22. The molecule has 0 saturated heterocycles. The lowest BCUT2D eigenvalue weighted by Crippen LogP contribution is -2.21. The average Bonchev–Trinajstić information content (AvgIpc) is 3.37. The number of hydrogen-bond donors (Lipinski definition) is 3. The number of hydrogen-bond acceptors (Lipinski definition) is 8. The Morgan fingerprint density at radius 3 is 2.73 bits per heavy atom. The number of nitrogens with one attached hydrogen (secondary N) is 2. The summed E-state index contributed by atoms with van der Waals surface area (Å²) in [6, 6.07) is 6.86. The van der Waals surface area contributed by atoms with Crippen molar-refractivity contribution in [3.63, 3.8) is 0 Å². The number of anilines is 3. The molecule has 0 fully saturated rings. The van der Waals surface area contributed by atoms with Crippen LogP contribution in [0.2, 0.25) is 0 Å². The van der Waals surface area contributed by atoms with E-state index in [1.165, 1.54) is 23.1 Å². The number of oxazole rings is 1. The Morgan fingerprint density at radius 1 is 1.20 bits per heavy atom. The van der Waals surface area contributed by atoms with Crippen LogP contribution in [0.25, 0.3) is 5.57 Å². The molecule has 0 radical (unpaired) electrons. The van der Waals surface area contributed by atoms with Gasteiger partial charge < -0.3 is 20.8 Å². The van der Waals surface area contributed by atoms with E-state index in [4.69, 9.17) is 10.2 Å². The summed E-state index contributed by atoms with van der Waals surface area (Å²) in [6.45, 7) is 3.91. The maximum Gasteiger partial charge on any atom is 0.235 e. The van der Waals surface area contributed by atoms with Crippen molar-refractivity contribution in [3.8, 4) is 0 Å². The Kier molecular flexibility index (Phi) is 7.26. The Hall–Kier alpha value is -3.11. The minimum Gasteiger partial charge on any atom is -0.440 e. The monoisotopic (exact) mass is 443 g/mol. The van der Waals surface area contributed by atoms with Gasteiger partial charge in [-0.3, -0.25) is 9.59 Å². The minimum atomic E-state index is -0.452. The van der Waals surface area contributed by atoms with Crippen LogP contribution in [0.4, 0.5) is 16.5 Å². The number of para-hydroxylation sites is 2. The van der Waals surface area contributed by atoms with Gasteiger partial charge in [0.25, 0.3) is 0 Å². The molecule has 0 unspecified atom stereocenters. The summed E-state index contributed by atoms with van der Waals surface area (Å²) < 4.78 is 6.59. The van der Waals surface area contributed by atoms with Crippen molar-refractivity contribution in [2.24, 2.45) is 0 Å². The van der Waals surface area contributed by atoms with Crippen molar-refractivity contribution >= 4 is 57.0 Å². The minimum absolute atomic E-state index is 0.334. The van der Waals surface area contributed by atoms with Gasteiger partial charge in [0, 0.05) is 0 Å². The van der Waals surface area contributed by atoms with Gasteiger partial charge in [-0.25, -0.2) is 9.97 Å². The number of allylic oxidation sites excluding steroid dienone is 2. The lowest BCUT2D eigenvalue weighted by atomic mass is 10.2.